The van der Waals surface area contributed by atoms with Gasteiger partial charge in [-0.05, 0) is 70.6 Å². The molecule has 0 aromatic rings. The monoisotopic (exact) mass is 945 g/mol. The Morgan fingerprint density at radius 1 is 0.545 bits per heavy atom. The van der Waals surface area contributed by atoms with Crippen molar-refractivity contribution in [3.05, 3.63) is 72.9 Å². The molecule has 0 aromatic carbocycles. The summed E-state index contributed by atoms with van der Waals surface area (Å²) in [5.41, 5.74) is 0. The van der Waals surface area contributed by atoms with Crippen LogP contribution in [-0.4, -0.2) is 68.5 Å². The highest BCUT2D eigenvalue weighted by Gasteiger charge is 2.23. The van der Waals surface area contributed by atoms with Gasteiger partial charge in [-0.2, -0.15) is 0 Å². The van der Waals surface area contributed by atoms with Crippen LogP contribution in [0.25, 0.3) is 0 Å². The minimum atomic E-state index is -4.61. The predicted molar refractivity (Wildman–Crippen MR) is 284 cm³/mol. The molecule has 0 saturated heterocycles. The lowest BCUT2D eigenvalue weighted by Crippen LogP contribution is -2.45. The lowest BCUT2D eigenvalue weighted by molar-refractivity contribution is -0.870. The summed E-state index contributed by atoms with van der Waals surface area (Å²) in [7, 11) is 1.23. The number of nitrogens with one attached hydrogen (secondary N) is 1. The maximum Gasteiger partial charge on any atom is 0.268 e. The Hall–Kier alpha value is -2.06. The van der Waals surface area contributed by atoms with Crippen LogP contribution in [0.3, 0.4) is 0 Å². The average molecular weight is 945 g/mol. The maximum atomic E-state index is 12.9. The number of allylic oxidation sites excluding steroid dienone is 11. The molecule has 66 heavy (non-hydrogen) atoms. The van der Waals surface area contributed by atoms with Crippen molar-refractivity contribution in [3.8, 4) is 0 Å². The zero-order valence-electron chi connectivity index (χ0n) is 43.6. The lowest BCUT2D eigenvalue weighted by Gasteiger charge is -2.29. The van der Waals surface area contributed by atoms with E-state index >= 15 is 0 Å². The van der Waals surface area contributed by atoms with Gasteiger partial charge < -0.3 is 28.8 Å². The minimum Gasteiger partial charge on any atom is -0.756 e. The number of hydrogen-bond donors (Lipinski definition) is 2. The number of amides is 1. The van der Waals surface area contributed by atoms with E-state index in [0.717, 1.165) is 77.0 Å². The minimum absolute atomic E-state index is 0.0126. The molecule has 2 N–H and O–H groups in total. The van der Waals surface area contributed by atoms with Gasteiger partial charge in [0, 0.05) is 6.42 Å². The van der Waals surface area contributed by atoms with Crippen LogP contribution in [0.2, 0.25) is 0 Å². The van der Waals surface area contributed by atoms with E-state index in [-0.39, 0.29) is 12.5 Å². The number of quaternary nitrogens is 1. The first-order valence-electron chi connectivity index (χ1n) is 27.3. The highest BCUT2D eigenvalue weighted by molar-refractivity contribution is 7.45. The van der Waals surface area contributed by atoms with Crippen LogP contribution in [0.1, 0.15) is 232 Å². The molecule has 0 aromatic heterocycles. The van der Waals surface area contributed by atoms with E-state index in [1.807, 2.05) is 27.2 Å². The van der Waals surface area contributed by atoms with Crippen LogP contribution in [0.15, 0.2) is 72.9 Å². The Kier molecular flexibility index (Phi) is 46.5. The van der Waals surface area contributed by atoms with Gasteiger partial charge in [0.15, 0.2) is 0 Å². The number of carbonyl (C=O) groups excluding carboxylic acids is 1. The Balaban J connectivity index is 4.33. The maximum absolute atomic E-state index is 12.9. The number of phosphoric acid groups is 1. The van der Waals surface area contributed by atoms with E-state index in [2.05, 4.69) is 79.9 Å². The van der Waals surface area contributed by atoms with Crippen molar-refractivity contribution in [2.45, 2.75) is 244 Å². The number of hydrogen-bond acceptors (Lipinski definition) is 6. The summed E-state index contributed by atoms with van der Waals surface area (Å²) in [5.74, 6) is -0.222. The third-order valence-corrected chi connectivity index (χ3v) is 12.9. The third-order valence-electron chi connectivity index (χ3n) is 11.9. The molecule has 3 unspecified atom stereocenters. The average Bonchev–Trinajstić information content (AvgIpc) is 3.28. The fourth-order valence-corrected chi connectivity index (χ4v) is 8.35. The van der Waals surface area contributed by atoms with E-state index < -0.39 is 26.6 Å². The van der Waals surface area contributed by atoms with E-state index in [1.54, 1.807) is 6.08 Å². The number of rotatable bonds is 49. The fraction of sp³-hybridized carbons (Fsp3) is 0.772. The van der Waals surface area contributed by atoms with Gasteiger partial charge in [0.05, 0.1) is 39.9 Å². The standard InChI is InChI=1S/C57H105N2O6P/c1-6-8-10-12-14-16-18-20-22-24-26-27-28-29-30-31-33-34-36-38-40-42-44-46-48-50-56(60)55(54-65-66(62,63)64-53-52-59(3,4)5)58-57(61)51-49-47-45-43-41-39-37-35-32-25-23-21-19-17-15-13-11-9-7-2/h9,11,15,17,21,23,32,35,40,42,48,50,55-56,60H,6-8,10,12-14,16,18-20,22,24-31,33-34,36-39,41,43-47,49,51-54H2,1-5H3,(H-,58,61,62,63)/b11-9-,17-15-,23-21-,35-32-,42-40+,50-48+. The number of likely N-dealkylation sites (N-methyl/N-ethyl adjacent to an activating group) is 1. The van der Waals surface area contributed by atoms with Crippen molar-refractivity contribution < 1.29 is 32.9 Å². The molecule has 0 bridgehead atoms. The second kappa shape index (κ2) is 48.0. The highest BCUT2D eigenvalue weighted by Crippen LogP contribution is 2.38. The zero-order valence-corrected chi connectivity index (χ0v) is 44.5. The molecule has 384 valence electrons. The topological polar surface area (TPSA) is 108 Å². The molecule has 0 aliphatic heterocycles. The summed E-state index contributed by atoms with van der Waals surface area (Å²) in [6, 6.07) is -0.915. The fourth-order valence-electron chi connectivity index (χ4n) is 7.63. The molecule has 0 fully saturated rings. The normalized spacial score (nSPS) is 14.6. The largest absolute Gasteiger partial charge is 0.756 e. The van der Waals surface area contributed by atoms with Crippen molar-refractivity contribution in [1.29, 1.82) is 0 Å². The molecule has 0 rings (SSSR count). The van der Waals surface area contributed by atoms with Gasteiger partial charge in [0.2, 0.25) is 5.91 Å². The van der Waals surface area contributed by atoms with Crippen molar-refractivity contribution in [1.82, 2.24) is 5.32 Å². The smallest absolute Gasteiger partial charge is 0.268 e. The predicted octanol–water partition coefficient (Wildman–Crippen LogP) is 15.7. The summed E-state index contributed by atoms with van der Waals surface area (Å²) >= 11 is 0. The molecule has 0 aliphatic carbocycles. The summed E-state index contributed by atoms with van der Waals surface area (Å²) in [6.07, 6.45) is 65.5. The molecule has 8 nitrogen and oxygen atoms in total. The molecule has 0 saturated carbocycles. The van der Waals surface area contributed by atoms with Gasteiger partial charge in [-0.15, -0.1) is 0 Å². The van der Waals surface area contributed by atoms with E-state index in [9.17, 15) is 19.4 Å². The number of unbranched alkanes of at least 4 members (excludes halogenated alkanes) is 26. The number of nitrogens with zero attached hydrogens (tertiary/aromatic N) is 1. The molecule has 9 heteroatoms. The lowest BCUT2D eigenvalue weighted by atomic mass is 10.0. The first-order valence-corrected chi connectivity index (χ1v) is 28.8. The van der Waals surface area contributed by atoms with Crippen LogP contribution >= 0.6 is 7.82 Å². The molecule has 1 amide bonds. The Labute approximate surface area is 408 Å². The highest BCUT2D eigenvalue weighted by atomic mass is 31.2. The molecular weight excluding hydrogens is 840 g/mol. The van der Waals surface area contributed by atoms with E-state index in [0.29, 0.717) is 17.4 Å². The van der Waals surface area contributed by atoms with Crippen LogP contribution in [0.4, 0.5) is 0 Å². The molecule has 3 atom stereocenters. The van der Waals surface area contributed by atoms with Crippen LogP contribution in [-0.2, 0) is 18.4 Å². The number of aliphatic hydroxyl groups is 1. The quantitative estimate of drug-likeness (QED) is 0.0272. The molecule has 0 radical (unpaired) electrons. The van der Waals surface area contributed by atoms with Gasteiger partial charge in [-0.1, -0.05) is 228 Å². The Bertz CT molecular complexity index is 1300. The zero-order chi connectivity index (χ0) is 48.5. The third kappa shape index (κ3) is 49.8. The van der Waals surface area contributed by atoms with Crippen LogP contribution in [0, 0.1) is 0 Å². The van der Waals surface area contributed by atoms with Crippen molar-refractivity contribution in [2.75, 3.05) is 40.9 Å². The first kappa shape index (κ1) is 63.9. The summed E-state index contributed by atoms with van der Waals surface area (Å²) in [5, 5.41) is 13.8. The van der Waals surface area contributed by atoms with Crippen molar-refractivity contribution >= 4 is 13.7 Å². The van der Waals surface area contributed by atoms with Gasteiger partial charge in [-0.25, -0.2) is 0 Å². The van der Waals surface area contributed by atoms with Gasteiger partial charge in [0.1, 0.15) is 13.2 Å². The summed E-state index contributed by atoms with van der Waals surface area (Å²) in [4.78, 5) is 25.4. The van der Waals surface area contributed by atoms with Gasteiger partial charge in [0.25, 0.3) is 7.82 Å². The molecule has 0 spiro atoms. The van der Waals surface area contributed by atoms with Crippen molar-refractivity contribution in [2.24, 2.45) is 0 Å². The van der Waals surface area contributed by atoms with Gasteiger partial charge >= 0.3 is 0 Å². The van der Waals surface area contributed by atoms with E-state index in [1.165, 1.54) is 135 Å². The summed E-state index contributed by atoms with van der Waals surface area (Å²) < 4.78 is 23.3. The molecular formula is C57H105N2O6P. The van der Waals surface area contributed by atoms with Crippen LogP contribution in [0.5, 0.6) is 0 Å². The SMILES string of the molecule is CC/C=C\C/C=C\C/C=C\C/C=C\CCCCCCCCC(=O)NC(COP(=O)([O-])OCC[N+](C)(C)C)C(O)/C=C/CC/C=C/CCCCCCCCCCCCCCCCCCCCC. The number of carbonyl (C=O) groups is 1. The Morgan fingerprint density at radius 3 is 1.41 bits per heavy atom. The van der Waals surface area contributed by atoms with Gasteiger partial charge in [-0.3, -0.25) is 9.36 Å². The van der Waals surface area contributed by atoms with Crippen LogP contribution < -0.4 is 10.2 Å². The number of aliphatic hydroxyl groups excluding tert-OH is 1. The summed E-state index contributed by atoms with van der Waals surface area (Å²) in [6.45, 7) is 4.51. The Morgan fingerprint density at radius 2 is 0.939 bits per heavy atom. The molecule has 0 heterocycles. The number of phosphoric ester groups is 1. The molecule has 0 aliphatic rings. The van der Waals surface area contributed by atoms with E-state index in [4.69, 9.17) is 9.05 Å². The second-order valence-electron chi connectivity index (χ2n) is 19.5. The first-order chi connectivity index (χ1) is 32.0. The second-order valence-corrected chi connectivity index (χ2v) is 21.0. The van der Waals surface area contributed by atoms with Crippen molar-refractivity contribution in [3.63, 3.8) is 0 Å².